The minimum atomic E-state index is -0.674. The van der Waals surface area contributed by atoms with Gasteiger partial charge in [-0.1, -0.05) is 24.3 Å². The minimum absolute atomic E-state index is 0.244. The number of aliphatic hydroxyl groups excluding tert-OH is 1. The third-order valence-electron chi connectivity index (χ3n) is 3.68. The number of hydrogen-bond acceptors (Lipinski definition) is 3. The molecule has 1 heterocycles. The average molecular weight is 304 g/mol. The molecule has 0 aliphatic carbocycles. The van der Waals surface area contributed by atoms with E-state index < -0.39 is 11.9 Å². The van der Waals surface area contributed by atoms with Crippen molar-refractivity contribution in [3.63, 3.8) is 0 Å². The molecule has 0 aromatic heterocycles. The molecular weight excluding hydrogens is 287 g/mol. The van der Waals surface area contributed by atoms with Gasteiger partial charge in [-0.3, -0.25) is 0 Å². The monoisotopic (exact) mass is 304 g/mol. The summed E-state index contributed by atoms with van der Waals surface area (Å²) in [5.41, 5.74) is 1.84. The summed E-state index contributed by atoms with van der Waals surface area (Å²) in [5, 5.41) is 9.44. The highest BCUT2D eigenvalue weighted by molar-refractivity contribution is 7.99. The van der Waals surface area contributed by atoms with Gasteiger partial charge in [0.25, 0.3) is 0 Å². The van der Waals surface area contributed by atoms with Crippen LogP contribution in [0.5, 0.6) is 5.75 Å². The molecular formula is C17H17FO2S. The van der Waals surface area contributed by atoms with Crippen LogP contribution < -0.4 is 4.74 Å². The summed E-state index contributed by atoms with van der Waals surface area (Å²) in [7, 11) is 0. The molecule has 1 N–H and O–H groups in total. The number of hydrogen-bond donors (Lipinski definition) is 1. The molecule has 4 heteroatoms. The van der Waals surface area contributed by atoms with E-state index in [2.05, 4.69) is 12.1 Å². The molecule has 3 rings (SSSR count). The highest BCUT2D eigenvalue weighted by atomic mass is 32.2. The number of ether oxygens (including phenoxy) is 1. The summed E-state index contributed by atoms with van der Waals surface area (Å²) in [5.74, 6) is 1.08. The summed E-state index contributed by atoms with van der Waals surface area (Å²) in [6.45, 7) is 2.08. The Morgan fingerprint density at radius 3 is 2.90 bits per heavy atom. The van der Waals surface area contributed by atoms with Crippen molar-refractivity contribution in [1.82, 2.24) is 0 Å². The predicted octanol–water partition coefficient (Wildman–Crippen LogP) is 4.15. The van der Waals surface area contributed by atoms with E-state index >= 15 is 0 Å². The Kier molecular flexibility index (Phi) is 4.17. The van der Waals surface area contributed by atoms with E-state index in [4.69, 9.17) is 4.74 Å². The van der Waals surface area contributed by atoms with Gasteiger partial charge in [-0.15, -0.1) is 11.8 Å². The van der Waals surface area contributed by atoms with E-state index in [1.165, 1.54) is 16.5 Å². The van der Waals surface area contributed by atoms with E-state index in [0.717, 1.165) is 5.75 Å². The molecule has 0 saturated carbocycles. The molecule has 1 unspecified atom stereocenters. The van der Waals surface area contributed by atoms with E-state index in [9.17, 15) is 9.50 Å². The van der Waals surface area contributed by atoms with Crippen molar-refractivity contribution in [1.29, 1.82) is 0 Å². The van der Waals surface area contributed by atoms with Crippen molar-refractivity contribution >= 4 is 11.8 Å². The third kappa shape index (κ3) is 3.06. The van der Waals surface area contributed by atoms with Crippen LogP contribution in [0.4, 0.5) is 4.39 Å². The van der Waals surface area contributed by atoms with Crippen LogP contribution in [0.15, 0.2) is 47.4 Å². The number of fused-ring (bicyclic) bond motifs is 1. The molecule has 2 aromatic carbocycles. The Morgan fingerprint density at radius 1 is 1.33 bits per heavy atom. The first-order valence-electron chi connectivity index (χ1n) is 6.97. The molecule has 2 nitrogen and oxygen atoms in total. The lowest BCUT2D eigenvalue weighted by Gasteiger charge is -2.14. The summed E-state index contributed by atoms with van der Waals surface area (Å²) >= 11 is 1.81. The van der Waals surface area contributed by atoms with E-state index in [1.54, 1.807) is 19.1 Å². The van der Waals surface area contributed by atoms with Crippen molar-refractivity contribution in [2.75, 3.05) is 12.4 Å². The molecule has 0 bridgehead atoms. The lowest BCUT2D eigenvalue weighted by molar-refractivity contribution is 0.198. The largest absolute Gasteiger partial charge is 0.490 e. The van der Waals surface area contributed by atoms with Crippen LogP contribution in [0.3, 0.4) is 0 Å². The van der Waals surface area contributed by atoms with Crippen LogP contribution in [0.1, 0.15) is 30.1 Å². The molecule has 0 saturated heterocycles. The lowest BCUT2D eigenvalue weighted by atomic mass is 10.0. The van der Waals surface area contributed by atoms with Crippen LogP contribution in [-0.2, 0) is 0 Å². The number of thioether (sulfide) groups is 1. The van der Waals surface area contributed by atoms with Gasteiger partial charge in [-0.05, 0) is 36.2 Å². The van der Waals surface area contributed by atoms with Gasteiger partial charge in [0.15, 0.2) is 11.6 Å². The summed E-state index contributed by atoms with van der Waals surface area (Å²) in [4.78, 5) is 1.29. The Balaban J connectivity index is 1.69. The second kappa shape index (κ2) is 6.08. The Labute approximate surface area is 128 Å². The summed E-state index contributed by atoms with van der Waals surface area (Å²) in [6.07, 6.45) is -0.674. The average Bonchev–Trinajstić information content (AvgIpc) is 2.89. The molecule has 0 amide bonds. The maximum atomic E-state index is 13.9. The second-order valence-corrected chi connectivity index (χ2v) is 6.28. The summed E-state index contributed by atoms with van der Waals surface area (Å²) < 4.78 is 19.6. The number of halogens is 1. The first-order chi connectivity index (χ1) is 10.1. The van der Waals surface area contributed by atoms with Gasteiger partial charge < -0.3 is 9.84 Å². The first-order valence-corrected chi connectivity index (χ1v) is 7.95. The highest BCUT2D eigenvalue weighted by Gasteiger charge is 2.23. The molecule has 0 spiro atoms. The number of benzene rings is 2. The highest BCUT2D eigenvalue weighted by Crippen LogP contribution is 2.39. The van der Waals surface area contributed by atoms with Crippen molar-refractivity contribution in [2.24, 2.45) is 0 Å². The molecule has 110 valence electrons. The maximum absolute atomic E-state index is 13.9. The zero-order valence-corrected chi connectivity index (χ0v) is 12.6. The molecule has 0 fully saturated rings. The fourth-order valence-electron chi connectivity index (χ4n) is 2.45. The first kappa shape index (κ1) is 14.4. The standard InChI is InChI=1S/C17H17FO2S/c1-11(19)12-6-7-16(15(18)8-12)20-9-13-10-21-17-5-3-2-4-14(13)17/h2-8,11,13,19H,9-10H2,1H3/t11-,13?/m1/s1. The number of aliphatic hydroxyl groups is 1. The molecule has 2 atom stereocenters. The van der Waals surface area contributed by atoms with E-state index in [0.29, 0.717) is 18.1 Å². The normalized spacial score (nSPS) is 18.3. The zero-order valence-electron chi connectivity index (χ0n) is 11.8. The Bertz CT molecular complexity index is 642. The Morgan fingerprint density at radius 2 is 2.14 bits per heavy atom. The van der Waals surface area contributed by atoms with Crippen LogP contribution in [0.2, 0.25) is 0 Å². The SMILES string of the molecule is C[C@@H](O)c1ccc(OCC2CSc3ccccc32)c(F)c1. The van der Waals surface area contributed by atoms with Crippen molar-refractivity contribution in [3.05, 3.63) is 59.4 Å². The smallest absolute Gasteiger partial charge is 0.165 e. The van der Waals surface area contributed by atoms with Crippen LogP contribution in [0, 0.1) is 5.82 Å². The van der Waals surface area contributed by atoms with Crippen LogP contribution in [0.25, 0.3) is 0 Å². The fraction of sp³-hybridized carbons (Fsp3) is 0.294. The molecule has 1 aliphatic rings. The predicted molar refractivity (Wildman–Crippen MR) is 82.4 cm³/mol. The molecule has 2 aromatic rings. The van der Waals surface area contributed by atoms with E-state index in [-0.39, 0.29) is 5.75 Å². The number of rotatable bonds is 4. The fourth-order valence-corrected chi connectivity index (χ4v) is 3.68. The van der Waals surface area contributed by atoms with Gasteiger partial charge in [0.2, 0.25) is 0 Å². The van der Waals surface area contributed by atoms with Crippen LogP contribution >= 0.6 is 11.8 Å². The molecule has 21 heavy (non-hydrogen) atoms. The van der Waals surface area contributed by atoms with Crippen molar-refractivity contribution in [3.8, 4) is 5.75 Å². The van der Waals surface area contributed by atoms with Crippen molar-refractivity contribution in [2.45, 2.75) is 23.8 Å². The molecule has 1 aliphatic heterocycles. The van der Waals surface area contributed by atoms with Crippen LogP contribution in [-0.4, -0.2) is 17.5 Å². The van der Waals surface area contributed by atoms with Crippen molar-refractivity contribution < 1.29 is 14.2 Å². The zero-order chi connectivity index (χ0) is 14.8. The minimum Gasteiger partial charge on any atom is -0.490 e. The Hall–Kier alpha value is -1.52. The third-order valence-corrected chi connectivity index (χ3v) is 4.93. The van der Waals surface area contributed by atoms with Gasteiger partial charge in [0.1, 0.15) is 0 Å². The summed E-state index contributed by atoms with van der Waals surface area (Å²) in [6, 6.07) is 12.9. The topological polar surface area (TPSA) is 29.5 Å². The van der Waals surface area contributed by atoms with Gasteiger partial charge in [-0.2, -0.15) is 0 Å². The van der Waals surface area contributed by atoms with Gasteiger partial charge in [-0.25, -0.2) is 4.39 Å². The van der Waals surface area contributed by atoms with Gasteiger partial charge >= 0.3 is 0 Å². The van der Waals surface area contributed by atoms with Gasteiger partial charge in [0.05, 0.1) is 12.7 Å². The quantitative estimate of drug-likeness (QED) is 0.920. The van der Waals surface area contributed by atoms with Gasteiger partial charge in [0, 0.05) is 16.6 Å². The van der Waals surface area contributed by atoms with E-state index in [1.807, 2.05) is 23.9 Å². The molecule has 0 radical (unpaired) electrons. The lowest BCUT2D eigenvalue weighted by Crippen LogP contribution is -2.10. The maximum Gasteiger partial charge on any atom is 0.165 e. The second-order valence-electron chi connectivity index (χ2n) is 5.22.